The second-order valence-electron chi connectivity index (χ2n) is 4.71. The Labute approximate surface area is 119 Å². The zero-order chi connectivity index (χ0) is 13.1. The van der Waals surface area contributed by atoms with Crippen LogP contribution in [0.15, 0.2) is 18.2 Å². The van der Waals surface area contributed by atoms with Gasteiger partial charge in [0.15, 0.2) is 0 Å². The summed E-state index contributed by atoms with van der Waals surface area (Å²) in [4.78, 5) is 2.96. The van der Waals surface area contributed by atoms with Crippen LogP contribution in [0.3, 0.4) is 0 Å². The lowest BCUT2D eigenvalue weighted by atomic mass is 10.1. The van der Waals surface area contributed by atoms with Gasteiger partial charge in [-0.2, -0.15) is 11.8 Å². The topological polar surface area (TPSA) is 29.3 Å². The lowest BCUT2D eigenvalue weighted by molar-refractivity contribution is 0.728. The van der Waals surface area contributed by atoms with Crippen LogP contribution in [0.5, 0.6) is 0 Å². The highest BCUT2D eigenvalue weighted by molar-refractivity contribution is 8.00. The van der Waals surface area contributed by atoms with Crippen LogP contribution in [0.2, 0.25) is 0 Å². The summed E-state index contributed by atoms with van der Waals surface area (Å²) < 4.78 is 0. The van der Waals surface area contributed by atoms with Crippen molar-refractivity contribution in [2.24, 2.45) is 5.73 Å². The van der Waals surface area contributed by atoms with Crippen molar-refractivity contribution in [1.29, 1.82) is 0 Å². The van der Waals surface area contributed by atoms with Gasteiger partial charge in [-0.05, 0) is 37.1 Å². The zero-order valence-corrected chi connectivity index (χ0v) is 12.6. The minimum atomic E-state index is 0.486. The van der Waals surface area contributed by atoms with E-state index in [4.69, 9.17) is 18.0 Å². The van der Waals surface area contributed by atoms with E-state index in [0.29, 0.717) is 4.99 Å². The van der Waals surface area contributed by atoms with E-state index in [1.807, 2.05) is 0 Å². The molecule has 1 heterocycles. The number of thioether (sulfide) groups is 1. The third kappa shape index (κ3) is 2.98. The highest BCUT2D eigenvalue weighted by Gasteiger charge is 2.19. The number of hydrogen-bond donors (Lipinski definition) is 1. The standard InChI is InChI=1S/C14H20N2S2/c1-3-12-9-16(6-7-18-12)11-4-5-13(14(15)17)10(2)8-11/h4-5,8,12H,3,6-7,9H2,1-2H3,(H2,15,17). The first-order valence-corrected chi connectivity index (χ1v) is 7.84. The second kappa shape index (κ2) is 5.93. The second-order valence-corrected chi connectivity index (χ2v) is 6.56. The molecule has 1 aliphatic heterocycles. The molecule has 1 saturated heterocycles. The molecule has 2 N–H and O–H groups in total. The molecule has 2 nitrogen and oxygen atoms in total. The van der Waals surface area contributed by atoms with E-state index in [2.05, 4.69) is 48.7 Å². The fraction of sp³-hybridized carbons (Fsp3) is 0.500. The molecule has 1 atom stereocenters. The van der Waals surface area contributed by atoms with Crippen molar-refractivity contribution in [2.45, 2.75) is 25.5 Å². The normalized spacial score (nSPS) is 19.9. The Hall–Kier alpha value is -0.740. The van der Waals surface area contributed by atoms with E-state index < -0.39 is 0 Å². The summed E-state index contributed by atoms with van der Waals surface area (Å²) in [6.07, 6.45) is 1.24. The first-order valence-electron chi connectivity index (χ1n) is 6.38. The van der Waals surface area contributed by atoms with Crippen LogP contribution >= 0.6 is 24.0 Å². The van der Waals surface area contributed by atoms with Gasteiger partial charge in [0.25, 0.3) is 0 Å². The molecule has 0 bridgehead atoms. The Kier molecular flexibility index (Phi) is 4.51. The van der Waals surface area contributed by atoms with Gasteiger partial charge in [-0.25, -0.2) is 0 Å². The molecule has 4 heteroatoms. The fourth-order valence-corrected chi connectivity index (χ4v) is 3.73. The largest absolute Gasteiger partial charge is 0.389 e. The molecule has 1 fully saturated rings. The van der Waals surface area contributed by atoms with Gasteiger partial charge in [0.2, 0.25) is 0 Å². The van der Waals surface area contributed by atoms with Crippen molar-refractivity contribution in [3.8, 4) is 0 Å². The van der Waals surface area contributed by atoms with E-state index in [-0.39, 0.29) is 0 Å². The Bertz CT molecular complexity index is 445. The van der Waals surface area contributed by atoms with E-state index in [1.54, 1.807) is 0 Å². The van der Waals surface area contributed by atoms with E-state index >= 15 is 0 Å². The molecule has 98 valence electrons. The molecule has 2 rings (SSSR count). The number of rotatable bonds is 3. The third-order valence-electron chi connectivity index (χ3n) is 3.43. The van der Waals surface area contributed by atoms with Gasteiger partial charge in [-0.3, -0.25) is 0 Å². The van der Waals surface area contributed by atoms with Crippen LogP contribution in [-0.4, -0.2) is 29.1 Å². The number of nitrogens with two attached hydrogens (primary N) is 1. The quantitative estimate of drug-likeness (QED) is 0.862. The average molecular weight is 280 g/mol. The van der Waals surface area contributed by atoms with Crippen molar-refractivity contribution in [3.05, 3.63) is 29.3 Å². The molecule has 0 aliphatic carbocycles. The molecule has 1 aliphatic rings. The van der Waals surface area contributed by atoms with E-state index in [1.165, 1.54) is 23.4 Å². The number of hydrogen-bond acceptors (Lipinski definition) is 3. The number of aryl methyl sites for hydroxylation is 1. The Morgan fingerprint density at radius 2 is 2.33 bits per heavy atom. The number of benzene rings is 1. The Morgan fingerprint density at radius 3 is 2.94 bits per heavy atom. The Morgan fingerprint density at radius 1 is 1.56 bits per heavy atom. The summed E-state index contributed by atoms with van der Waals surface area (Å²) in [6, 6.07) is 6.40. The predicted molar refractivity (Wildman–Crippen MR) is 85.8 cm³/mol. The van der Waals surface area contributed by atoms with Gasteiger partial charge < -0.3 is 10.6 Å². The van der Waals surface area contributed by atoms with Gasteiger partial charge in [0, 0.05) is 35.3 Å². The third-order valence-corrected chi connectivity index (χ3v) is 5.03. The van der Waals surface area contributed by atoms with Crippen molar-refractivity contribution in [2.75, 3.05) is 23.7 Å². The van der Waals surface area contributed by atoms with Crippen LogP contribution in [0.1, 0.15) is 24.5 Å². The summed E-state index contributed by atoms with van der Waals surface area (Å²) >= 11 is 7.14. The first-order chi connectivity index (χ1) is 8.61. The summed E-state index contributed by atoms with van der Waals surface area (Å²) in [6.45, 7) is 6.62. The molecule has 1 unspecified atom stereocenters. The summed E-state index contributed by atoms with van der Waals surface area (Å²) in [5.74, 6) is 1.22. The van der Waals surface area contributed by atoms with Crippen LogP contribution in [0.4, 0.5) is 5.69 Å². The summed E-state index contributed by atoms with van der Waals surface area (Å²) in [5.41, 5.74) is 9.16. The number of thiocarbonyl (C=S) groups is 1. The maximum atomic E-state index is 5.70. The zero-order valence-electron chi connectivity index (χ0n) is 11.0. The van der Waals surface area contributed by atoms with Crippen LogP contribution in [0, 0.1) is 6.92 Å². The summed E-state index contributed by atoms with van der Waals surface area (Å²) in [5, 5.41) is 0.759. The van der Waals surface area contributed by atoms with Crippen LogP contribution < -0.4 is 10.6 Å². The SMILES string of the molecule is CCC1CN(c2ccc(C(N)=S)c(C)c2)CCS1. The van der Waals surface area contributed by atoms with Crippen molar-refractivity contribution >= 4 is 34.7 Å². The molecule has 0 amide bonds. The number of anilines is 1. The summed E-state index contributed by atoms with van der Waals surface area (Å²) in [7, 11) is 0. The van der Waals surface area contributed by atoms with E-state index in [9.17, 15) is 0 Å². The monoisotopic (exact) mass is 280 g/mol. The fourth-order valence-electron chi connectivity index (χ4n) is 2.32. The molecule has 0 radical (unpaired) electrons. The highest BCUT2D eigenvalue weighted by atomic mass is 32.2. The lowest BCUT2D eigenvalue weighted by Crippen LogP contribution is -2.37. The minimum absolute atomic E-state index is 0.486. The van der Waals surface area contributed by atoms with Gasteiger partial charge >= 0.3 is 0 Å². The molecule has 0 saturated carbocycles. The van der Waals surface area contributed by atoms with Gasteiger partial charge in [0.1, 0.15) is 4.99 Å². The predicted octanol–water partition coefficient (Wildman–Crippen LogP) is 2.96. The molecular formula is C14H20N2S2. The Balaban J connectivity index is 2.18. The molecule has 1 aromatic carbocycles. The van der Waals surface area contributed by atoms with Crippen molar-refractivity contribution in [1.82, 2.24) is 0 Å². The van der Waals surface area contributed by atoms with Crippen LogP contribution in [-0.2, 0) is 0 Å². The van der Waals surface area contributed by atoms with Gasteiger partial charge in [-0.15, -0.1) is 0 Å². The lowest BCUT2D eigenvalue weighted by Gasteiger charge is -2.34. The highest BCUT2D eigenvalue weighted by Crippen LogP contribution is 2.27. The molecular weight excluding hydrogens is 260 g/mol. The van der Waals surface area contributed by atoms with Crippen molar-refractivity contribution < 1.29 is 0 Å². The smallest absolute Gasteiger partial charge is 0.104 e. The maximum Gasteiger partial charge on any atom is 0.104 e. The van der Waals surface area contributed by atoms with Crippen molar-refractivity contribution in [3.63, 3.8) is 0 Å². The number of nitrogens with zero attached hydrogens (tertiary/aromatic N) is 1. The van der Waals surface area contributed by atoms with Crippen LogP contribution in [0.25, 0.3) is 0 Å². The molecule has 0 spiro atoms. The molecule has 18 heavy (non-hydrogen) atoms. The minimum Gasteiger partial charge on any atom is -0.389 e. The molecule has 1 aromatic rings. The van der Waals surface area contributed by atoms with Gasteiger partial charge in [0.05, 0.1) is 0 Å². The van der Waals surface area contributed by atoms with Gasteiger partial charge in [-0.1, -0.05) is 19.1 Å². The van der Waals surface area contributed by atoms with E-state index in [0.717, 1.165) is 23.9 Å². The first kappa shape index (κ1) is 13.7. The average Bonchev–Trinajstić information content (AvgIpc) is 2.38. The molecule has 0 aromatic heterocycles. The maximum absolute atomic E-state index is 5.70.